The van der Waals surface area contributed by atoms with Gasteiger partial charge in [0.2, 0.25) is 0 Å². The van der Waals surface area contributed by atoms with Crippen molar-refractivity contribution in [1.82, 2.24) is 4.57 Å². The fourth-order valence-electron chi connectivity index (χ4n) is 6.29. The van der Waals surface area contributed by atoms with Crippen molar-refractivity contribution in [2.24, 2.45) is 0 Å². The van der Waals surface area contributed by atoms with Gasteiger partial charge in [-0.25, -0.2) is 0 Å². The number of anilines is 3. The van der Waals surface area contributed by atoms with Crippen LogP contribution in [-0.2, 0) is 0 Å². The molecule has 0 amide bonds. The summed E-state index contributed by atoms with van der Waals surface area (Å²) in [5.41, 5.74) is 11.8. The van der Waals surface area contributed by atoms with Crippen molar-refractivity contribution in [1.29, 1.82) is 0 Å². The topological polar surface area (TPSA) is 8.17 Å². The molecule has 0 radical (unpaired) electrons. The lowest BCUT2D eigenvalue weighted by atomic mass is 10.0. The fraction of sp³-hybridized carbons (Fsp3) is 0. The Morgan fingerprint density at radius 1 is 0.318 bits per heavy atom. The highest BCUT2D eigenvalue weighted by Gasteiger charge is 2.15. The van der Waals surface area contributed by atoms with Gasteiger partial charge in [0.15, 0.2) is 0 Å². The van der Waals surface area contributed by atoms with Gasteiger partial charge in [-0.1, -0.05) is 115 Å². The molecular formula is C42H30N2. The summed E-state index contributed by atoms with van der Waals surface area (Å²) in [6.07, 6.45) is 0. The first-order chi connectivity index (χ1) is 21.8. The van der Waals surface area contributed by atoms with Crippen LogP contribution in [0.15, 0.2) is 182 Å². The third kappa shape index (κ3) is 4.63. The van der Waals surface area contributed by atoms with Gasteiger partial charge in [0, 0.05) is 33.5 Å². The van der Waals surface area contributed by atoms with E-state index in [1.165, 1.54) is 44.1 Å². The summed E-state index contributed by atoms with van der Waals surface area (Å²) in [6.45, 7) is 0. The molecule has 1 aromatic heterocycles. The molecular weight excluding hydrogens is 532 g/mol. The highest BCUT2D eigenvalue weighted by molar-refractivity contribution is 6.10. The van der Waals surface area contributed by atoms with Gasteiger partial charge < -0.3 is 9.47 Å². The van der Waals surface area contributed by atoms with Crippen molar-refractivity contribution >= 4 is 38.9 Å². The second kappa shape index (κ2) is 11.1. The molecule has 0 fully saturated rings. The molecule has 208 valence electrons. The van der Waals surface area contributed by atoms with Gasteiger partial charge in [-0.2, -0.15) is 0 Å². The van der Waals surface area contributed by atoms with Gasteiger partial charge in [0.1, 0.15) is 0 Å². The molecule has 0 bridgehead atoms. The van der Waals surface area contributed by atoms with Crippen molar-refractivity contribution in [3.8, 4) is 27.9 Å². The molecule has 7 aromatic carbocycles. The number of hydrogen-bond donors (Lipinski definition) is 0. The van der Waals surface area contributed by atoms with Crippen molar-refractivity contribution in [3.63, 3.8) is 0 Å². The van der Waals surface area contributed by atoms with Crippen LogP contribution < -0.4 is 4.90 Å². The molecule has 0 saturated carbocycles. The number of nitrogens with zero attached hydrogens (tertiary/aromatic N) is 2. The Morgan fingerprint density at radius 3 is 1.52 bits per heavy atom. The summed E-state index contributed by atoms with van der Waals surface area (Å²) < 4.78 is 2.38. The third-order valence-electron chi connectivity index (χ3n) is 8.37. The lowest BCUT2D eigenvalue weighted by molar-refractivity contribution is 1.18. The molecule has 0 N–H and O–H groups in total. The van der Waals surface area contributed by atoms with Gasteiger partial charge in [-0.3, -0.25) is 0 Å². The molecule has 2 heteroatoms. The van der Waals surface area contributed by atoms with Crippen molar-refractivity contribution in [3.05, 3.63) is 182 Å². The maximum absolute atomic E-state index is 2.38. The van der Waals surface area contributed by atoms with Crippen LogP contribution >= 0.6 is 0 Å². The second-order valence-electron chi connectivity index (χ2n) is 11.1. The predicted octanol–water partition coefficient (Wildman–Crippen LogP) is 11.6. The largest absolute Gasteiger partial charge is 0.310 e. The number of benzene rings is 7. The Bertz CT molecular complexity index is 2160. The van der Waals surface area contributed by atoms with E-state index in [1.54, 1.807) is 0 Å². The number of fused-ring (bicyclic) bond motifs is 3. The molecule has 44 heavy (non-hydrogen) atoms. The van der Waals surface area contributed by atoms with E-state index >= 15 is 0 Å². The summed E-state index contributed by atoms with van der Waals surface area (Å²) in [7, 11) is 0. The van der Waals surface area contributed by atoms with Crippen LogP contribution in [-0.4, -0.2) is 4.57 Å². The zero-order valence-corrected chi connectivity index (χ0v) is 24.2. The average molecular weight is 563 g/mol. The third-order valence-corrected chi connectivity index (χ3v) is 8.37. The summed E-state index contributed by atoms with van der Waals surface area (Å²) in [5, 5.41) is 2.50. The van der Waals surface area contributed by atoms with Gasteiger partial charge in [-0.15, -0.1) is 0 Å². The number of rotatable bonds is 6. The second-order valence-corrected chi connectivity index (χ2v) is 11.1. The van der Waals surface area contributed by atoms with E-state index in [0.29, 0.717) is 0 Å². The Kier molecular flexibility index (Phi) is 6.51. The van der Waals surface area contributed by atoms with E-state index in [1.807, 2.05) is 0 Å². The van der Waals surface area contributed by atoms with Gasteiger partial charge >= 0.3 is 0 Å². The highest BCUT2D eigenvalue weighted by atomic mass is 15.1. The number of para-hydroxylation sites is 3. The Balaban J connectivity index is 1.23. The number of aromatic nitrogens is 1. The van der Waals surface area contributed by atoms with Crippen molar-refractivity contribution in [2.75, 3.05) is 4.90 Å². The quantitative estimate of drug-likeness (QED) is 0.196. The Hall–Kier alpha value is -5.86. The zero-order chi connectivity index (χ0) is 29.3. The summed E-state index contributed by atoms with van der Waals surface area (Å²) in [5.74, 6) is 0. The van der Waals surface area contributed by atoms with E-state index in [9.17, 15) is 0 Å². The van der Waals surface area contributed by atoms with E-state index in [2.05, 4.69) is 191 Å². The molecule has 0 atom stereocenters. The van der Waals surface area contributed by atoms with Crippen LogP contribution in [0.3, 0.4) is 0 Å². The van der Waals surface area contributed by atoms with E-state index in [0.717, 1.165) is 22.7 Å². The first-order valence-electron chi connectivity index (χ1n) is 15.0. The zero-order valence-electron chi connectivity index (χ0n) is 24.2. The van der Waals surface area contributed by atoms with Crippen LogP contribution in [0.4, 0.5) is 17.1 Å². The molecule has 2 nitrogen and oxygen atoms in total. The molecule has 0 spiro atoms. The maximum Gasteiger partial charge on any atom is 0.0541 e. The molecule has 0 aliphatic rings. The molecule has 8 rings (SSSR count). The van der Waals surface area contributed by atoms with Crippen LogP contribution in [0, 0.1) is 0 Å². The standard InChI is InChI=1S/C42H30N2/c1-4-13-31(14-5-1)32-23-26-37(27-24-32)44-41-22-11-10-21-39(41)40-30-34(25-28-42(40)44)33-15-12-20-38(29-33)43(35-16-6-2-7-17-35)36-18-8-3-9-19-36/h1-30H. The maximum atomic E-state index is 2.38. The van der Waals surface area contributed by atoms with Gasteiger partial charge in [0.05, 0.1) is 11.0 Å². The first-order valence-corrected chi connectivity index (χ1v) is 15.0. The average Bonchev–Trinajstić information content (AvgIpc) is 3.44. The van der Waals surface area contributed by atoms with E-state index < -0.39 is 0 Å². The minimum Gasteiger partial charge on any atom is -0.310 e. The van der Waals surface area contributed by atoms with Crippen LogP contribution in [0.1, 0.15) is 0 Å². The minimum absolute atomic E-state index is 1.13. The monoisotopic (exact) mass is 562 g/mol. The molecule has 8 aromatic rings. The van der Waals surface area contributed by atoms with Gasteiger partial charge in [0.25, 0.3) is 0 Å². The minimum atomic E-state index is 1.13. The fourth-order valence-corrected chi connectivity index (χ4v) is 6.29. The van der Waals surface area contributed by atoms with E-state index in [4.69, 9.17) is 0 Å². The highest BCUT2D eigenvalue weighted by Crippen LogP contribution is 2.38. The Morgan fingerprint density at radius 2 is 0.818 bits per heavy atom. The molecule has 0 saturated heterocycles. The van der Waals surface area contributed by atoms with Crippen LogP contribution in [0.25, 0.3) is 49.7 Å². The van der Waals surface area contributed by atoms with Crippen LogP contribution in [0.2, 0.25) is 0 Å². The lowest BCUT2D eigenvalue weighted by Gasteiger charge is -2.26. The summed E-state index contributed by atoms with van der Waals surface area (Å²) >= 11 is 0. The summed E-state index contributed by atoms with van der Waals surface area (Å²) in [6, 6.07) is 65.0. The van der Waals surface area contributed by atoms with Gasteiger partial charge in [-0.05, 0) is 89.0 Å². The normalized spacial score (nSPS) is 11.2. The van der Waals surface area contributed by atoms with Crippen molar-refractivity contribution in [2.45, 2.75) is 0 Å². The Labute approximate surface area is 257 Å². The SMILES string of the molecule is c1ccc(-c2ccc(-n3c4ccccc4c4cc(-c5cccc(N(c6ccccc6)c6ccccc6)c5)ccc43)cc2)cc1. The molecule has 0 unspecified atom stereocenters. The predicted molar refractivity (Wildman–Crippen MR) is 186 cm³/mol. The van der Waals surface area contributed by atoms with Crippen molar-refractivity contribution < 1.29 is 0 Å². The molecule has 0 aliphatic carbocycles. The van der Waals surface area contributed by atoms with E-state index in [-0.39, 0.29) is 0 Å². The lowest BCUT2D eigenvalue weighted by Crippen LogP contribution is -2.09. The number of hydrogen-bond acceptors (Lipinski definition) is 1. The molecule has 1 heterocycles. The first kappa shape index (κ1) is 25.8. The smallest absolute Gasteiger partial charge is 0.0541 e. The summed E-state index contributed by atoms with van der Waals surface area (Å²) in [4.78, 5) is 2.31. The van der Waals surface area contributed by atoms with Crippen LogP contribution in [0.5, 0.6) is 0 Å². The molecule has 0 aliphatic heterocycles.